The van der Waals surface area contributed by atoms with E-state index in [4.69, 9.17) is 4.74 Å². The minimum Gasteiger partial charge on any atom is -0.383 e. The number of likely N-dealkylation sites (tertiary alicyclic amines) is 1. The Kier molecular flexibility index (Phi) is 7.23. The van der Waals surface area contributed by atoms with Crippen LogP contribution in [0.15, 0.2) is 36.5 Å². The fourth-order valence-corrected chi connectivity index (χ4v) is 3.84. The van der Waals surface area contributed by atoms with Crippen LogP contribution in [0, 0.1) is 18.7 Å². The highest BCUT2D eigenvalue weighted by atomic mass is 19.1. The zero-order valence-corrected chi connectivity index (χ0v) is 16.8. The van der Waals surface area contributed by atoms with Gasteiger partial charge in [0.25, 0.3) is 5.91 Å². The molecular formula is C22H30FN3O2. The number of H-pyrrole nitrogens is 1. The average molecular weight is 387 g/mol. The SMILES string of the molecule is COCCN(CC1CCN(Cc2ccccc2F)CC1)C(=O)c1cc[nH]c1C. The van der Waals surface area contributed by atoms with Crippen molar-refractivity contribution < 1.29 is 13.9 Å². The molecule has 3 rings (SSSR count). The van der Waals surface area contributed by atoms with Crippen molar-refractivity contribution >= 4 is 5.91 Å². The second-order valence-electron chi connectivity index (χ2n) is 7.57. The first kappa shape index (κ1) is 20.6. The topological polar surface area (TPSA) is 48.6 Å². The molecule has 6 heteroatoms. The van der Waals surface area contributed by atoms with Crippen LogP contribution in [0.1, 0.15) is 34.5 Å². The summed E-state index contributed by atoms with van der Waals surface area (Å²) in [5.41, 5.74) is 2.38. The molecule has 152 valence electrons. The Balaban J connectivity index is 1.55. The summed E-state index contributed by atoms with van der Waals surface area (Å²) in [7, 11) is 1.66. The molecule has 1 aromatic carbocycles. The van der Waals surface area contributed by atoms with Gasteiger partial charge in [0.2, 0.25) is 0 Å². The van der Waals surface area contributed by atoms with Crippen molar-refractivity contribution in [2.24, 2.45) is 5.92 Å². The quantitative estimate of drug-likeness (QED) is 0.755. The Morgan fingerprint density at radius 1 is 1.29 bits per heavy atom. The molecule has 1 saturated heterocycles. The number of piperidine rings is 1. The Bertz CT molecular complexity index is 769. The molecule has 2 heterocycles. The number of hydrogen-bond donors (Lipinski definition) is 1. The number of carbonyl (C=O) groups is 1. The molecule has 1 amide bonds. The van der Waals surface area contributed by atoms with Crippen molar-refractivity contribution in [2.75, 3.05) is 39.9 Å². The van der Waals surface area contributed by atoms with E-state index in [0.717, 1.165) is 49.3 Å². The molecule has 1 aromatic heterocycles. The molecule has 5 nitrogen and oxygen atoms in total. The third kappa shape index (κ3) is 5.20. The molecule has 1 fully saturated rings. The van der Waals surface area contributed by atoms with Crippen LogP contribution in [0.25, 0.3) is 0 Å². The standard InChI is InChI=1S/C22H30FN3O2/c1-17-20(7-10-24-17)22(27)26(13-14-28-2)15-18-8-11-25(12-9-18)16-19-5-3-4-6-21(19)23/h3-7,10,18,24H,8-9,11-16H2,1-2H3. The van der Waals surface area contributed by atoms with Gasteiger partial charge in [0, 0.05) is 44.2 Å². The summed E-state index contributed by atoms with van der Waals surface area (Å²) in [4.78, 5) is 20.2. The molecule has 1 aliphatic heterocycles. The second-order valence-corrected chi connectivity index (χ2v) is 7.57. The molecule has 0 unspecified atom stereocenters. The van der Waals surface area contributed by atoms with Gasteiger partial charge < -0.3 is 14.6 Å². The summed E-state index contributed by atoms with van der Waals surface area (Å²) in [6.07, 6.45) is 3.83. The van der Waals surface area contributed by atoms with E-state index in [9.17, 15) is 9.18 Å². The first-order valence-electron chi connectivity index (χ1n) is 9.96. The molecule has 0 aliphatic carbocycles. The van der Waals surface area contributed by atoms with Gasteiger partial charge in [-0.3, -0.25) is 9.69 Å². The van der Waals surface area contributed by atoms with Gasteiger partial charge in [-0.1, -0.05) is 18.2 Å². The predicted octanol–water partition coefficient (Wildman–Crippen LogP) is 3.46. The van der Waals surface area contributed by atoms with Crippen LogP contribution in [-0.2, 0) is 11.3 Å². The van der Waals surface area contributed by atoms with Crippen molar-refractivity contribution in [3.8, 4) is 0 Å². The Labute approximate surface area is 166 Å². The fraction of sp³-hybridized carbons (Fsp3) is 0.500. The molecule has 1 aliphatic rings. The van der Waals surface area contributed by atoms with Crippen LogP contribution in [0.5, 0.6) is 0 Å². The largest absolute Gasteiger partial charge is 0.383 e. The molecule has 2 aromatic rings. The molecule has 0 atom stereocenters. The van der Waals surface area contributed by atoms with E-state index in [1.807, 2.05) is 30.0 Å². The monoisotopic (exact) mass is 387 g/mol. The minimum absolute atomic E-state index is 0.0598. The maximum Gasteiger partial charge on any atom is 0.255 e. The normalized spacial score (nSPS) is 15.7. The molecular weight excluding hydrogens is 357 g/mol. The number of methoxy groups -OCH3 is 1. The Hall–Kier alpha value is -2.18. The number of rotatable bonds is 8. The lowest BCUT2D eigenvalue weighted by atomic mass is 9.95. The van der Waals surface area contributed by atoms with Gasteiger partial charge in [-0.05, 0) is 50.9 Å². The first-order valence-corrected chi connectivity index (χ1v) is 9.96. The van der Waals surface area contributed by atoms with E-state index in [-0.39, 0.29) is 11.7 Å². The maximum atomic E-state index is 13.9. The number of nitrogens with one attached hydrogen (secondary N) is 1. The molecule has 0 saturated carbocycles. The van der Waals surface area contributed by atoms with Crippen LogP contribution < -0.4 is 0 Å². The lowest BCUT2D eigenvalue weighted by Crippen LogP contribution is -2.42. The molecule has 0 bridgehead atoms. The van der Waals surface area contributed by atoms with Crippen molar-refractivity contribution in [1.82, 2.24) is 14.8 Å². The summed E-state index contributed by atoms with van der Waals surface area (Å²) < 4.78 is 19.1. The summed E-state index contributed by atoms with van der Waals surface area (Å²) in [6, 6.07) is 8.82. The highest BCUT2D eigenvalue weighted by Gasteiger charge is 2.25. The van der Waals surface area contributed by atoms with Crippen molar-refractivity contribution in [3.63, 3.8) is 0 Å². The van der Waals surface area contributed by atoms with Gasteiger partial charge in [0.05, 0.1) is 12.2 Å². The number of benzene rings is 1. The first-order chi connectivity index (χ1) is 13.6. The number of hydrogen-bond acceptors (Lipinski definition) is 3. The number of aryl methyl sites for hydroxylation is 1. The van der Waals surface area contributed by atoms with Crippen molar-refractivity contribution in [3.05, 3.63) is 59.2 Å². The molecule has 1 N–H and O–H groups in total. The number of aromatic nitrogens is 1. The maximum absolute atomic E-state index is 13.9. The van der Waals surface area contributed by atoms with Crippen molar-refractivity contribution in [2.45, 2.75) is 26.3 Å². The van der Waals surface area contributed by atoms with Crippen LogP contribution in [0.2, 0.25) is 0 Å². The summed E-state index contributed by atoms with van der Waals surface area (Å²) in [5, 5.41) is 0. The minimum atomic E-state index is -0.136. The number of halogens is 1. The molecule has 28 heavy (non-hydrogen) atoms. The highest BCUT2D eigenvalue weighted by Crippen LogP contribution is 2.22. The van der Waals surface area contributed by atoms with E-state index >= 15 is 0 Å². The summed E-state index contributed by atoms with van der Waals surface area (Å²) in [6.45, 7) is 6.28. The summed E-state index contributed by atoms with van der Waals surface area (Å²) >= 11 is 0. The van der Waals surface area contributed by atoms with Gasteiger partial charge in [-0.2, -0.15) is 0 Å². The second kappa shape index (κ2) is 9.85. The summed E-state index contributed by atoms with van der Waals surface area (Å²) in [5.74, 6) is 0.379. The predicted molar refractivity (Wildman–Crippen MR) is 108 cm³/mol. The fourth-order valence-electron chi connectivity index (χ4n) is 3.84. The zero-order valence-electron chi connectivity index (χ0n) is 16.8. The van der Waals surface area contributed by atoms with Crippen LogP contribution in [-0.4, -0.2) is 60.6 Å². The van der Waals surface area contributed by atoms with E-state index in [2.05, 4.69) is 9.88 Å². The highest BCUT2D eigenvalue weighted by molar-refractivity contribution is 5.95. The average Bonchev–Trinajstić information content (AvgIpc) is 3.13. The van der Waals surface area contributed by atoms with Gasteiger partial charge in [0.1, 0.15) is 5.82 Å². The van der Waals surface area contributed by atoms with Gasteiger partial charge in [-0.15, -0.1) is 0 Å². The lowest BCUT2D eigenvalue weighted by Gasteiger charge is -2.35. The van der Waals surface area contributed by atoms with E-state index in [0.29, 0.717) is 25.6 Å². The van der Waals surface area contributed by atoms with Crippen LogP contribution >= 0.6 is 0 Å². The Morgan fingerprint density at radius 2 is 2.04 bits per heavy atom. The van der Waals surface area contributed by atoms with Gasteiger partial charge in [-0.25, -0.2) is 4.39 Å². The zero-order chi connectivity index (χ0) is 19.9. The third-order valence-corrected chi connectivity index (χ3v) is 5.57. The molecule has 0 radical (unpaired) electrons. The third-order valence-electron chi connectivity index (χ3n) is 5.57. The van der Waals surface area contributed by atoms with E-state index in [1.54, 1.807) is 19.4 Å². The molecule has 0 spiro atoms. The number of amides is 1. The smallest absolute Gasteiger partial charge is 0.255 e. The number of aromatic amines is 1. The van der Waals surface area contributed by atoms with Gasteiger partial charge in [0.15, 0.2) is 0 Å². The van der Waals surface area contributed by atoms with E-state index in [1.165, 1.54) is 6.07 Å². The lowest BCUT2D eigenvalue weighted by molar-refractivity contribution is 0.0616. The van der Waals surface area contributed by atoms with Crippen molar-refractivity contribution in [1.29, 1.82) is 0 Å². The van der Waals surface area contributed by atoms with Crippen LogP contribution in [0.4, 0.5) is 4.39 Å². The number of carbonyl (C=O) groups excluding carboxylic acids is 1. The number of ether oxygens (including phenoxy) is 1. The Morgan fingerprint density at radius 3 is 2.68 bits per heavy atom. The van der Waals surface area contributed by atoms with Crippen LogP contribution in [0.3, 0.4) is 0 Å². The van der Waals surface area contributed by atoms with E-state index < -0.39 is 0 Å². The number of nitrogens with zero attached hydrogens (tertiary/aromatic N) is 2. The van der Waals surface area contributed by atoms with Gasteiger partial charge >= 0.3 is 0 Å².